The van der Waals surface area contributed by atoms with Crippen molar-refractivity contribution in [3.63, 3.8) is 0 Å². The summed E-state index contributed by atoms with van der Waals surface area (Å²) in [6.45, 7) is 2.35. The van der Waals surface area contributed by atoms with Crippen LogP contribution in [0.15, 0.2) is 29.3 Å². The number of ether oxygens (including phenoxy) is 2. The maximum Gasteiger partial charge on any atom is 0.195 e. The van der Waals surface area contributed by atoms with Crippen molar-refractivity contribution in [2.75, 3.05) is 39.2 Å². The van der Waals surface area contributed by atoms with Crippen LogP contribution in [-0.4, -0.2) is 39.9 Å². The van der Waals surface area contributed by atoms with Crippen molar-refractivity contribution in [1.29, 1.82) is 0 Å². The number of nitrogens with one attached hydrogen (secondary N) is 2. The van der Waals surface area contributed by atoms with Gasteiger partial charge in [0, 0.05) is 45.5 Å². The average Bonchev–Trinajstić information content (AvgIpc) is 3.35. The highest BCUT2D eigenvalue weighted by Gasteiger charge is 2.20. The largest absolute Gasteiger partial charge is 0.493 e. The van der Waals surface area contributed by atoms with Crippen molar-refractivity contribution in [3.8, 4) is 5.75 Å². The van der Waals surface area contributed by atoms with Gasteiger partial charge in [-0.2, -0.15) is 0 Å². The maximum absolute atomic E-state index is 5.70. The van der Waals surface area contributed by atoms with Gasteiger partial charge in [0.25, 0.3) is 0 Å². The Hall–Kier alpha value is -1.75. The first kappa shape index (κ1) is 16.6. The van der Waals surface area contributed by atoms with Crippen molar-refractivity contribution in [1.82, 2.24) is 5.32 Å². The summed E-state index contributed by atoms with van der Waals surface area (Å²) >= 11 is 0. The van der Waals surface area contributed by atoms with E-state index in [1.54, 1.807) is 14.2 Å². The second-order valence-electron chi connectivity index (χ2n) is 5.58. The summed E-state index contributed by atoms with van der Waals surface area (Å²) in [6.07, 6.45) is 4.88. The molecule has 0 bridgehead atoms. The molecule has 0 atom stereocenters. The van der Waals surface area contributed by atoms with Crippen molar-refractivity contribution < 1.29 is 9.47 Å². The van der Waals surface area contributed by atoms with E-state index in [1.165, 1.54) is 19.3 Å². The second kappa shape index (κ2) is 9.30. The van der Waals surface area contributed by atoms with Gasteiger partial charge in [-0.15, -0.1) is 0 Å². The molecule has 0 heterocycles. The van der Waals surface area contributed by atoms with Crippen molar-refractivity contribution in [2.45, 2.75) is 25.7 Å². The first-order valence-corrected chi connectivity index (χ1v) is 8.01. The molecule has 0 saturated heterocycles. The van der Waals surface area contributed by atoms with Crippen molar-refractivity contribution in [2.24, 2.45) is 10.9 Å². The van der Waals surface area contributed by atoms with Gasteiger partial charge in [-0.1, -0.05) is 18.9 Å². The summed E-state index contributed by atoms with van der Waals surface area (Å²) in [4.78, 5) is 4.25. The Labute approximate surface area is 133 Å². The monoisotopic (exact) mass is 305 g/mol. The normalized spacial score (nSPS) is 14.7. The van der Waals surface area contributed by atoms with Crippen LogP contribution in [0.4, 0.5) is 5.69 Å². The first-order valence-electron chi connectivity index (χ1n) is 8.01. The Morgan fingerprint density at radius 3 is 2.91 bits per heavy atom. The summed E-state index contributed by atoms with van der Waals surface area (Å²) < 4.78 is 10.7. The van der Waals surface area contributed by atoms with Gasteiger partial charge in [-0.25, -0.2) is 0 Å². The number of benzene rings is 1. The molecule has 1 saturated carbocycles. The third kappa shape index (κ3) is 6.35. The lowest BCUT2D eigenvalue weighted by Gasteiger charge is -2.13. The van der Waals surface area contributed by atoms with Crippen LogP contribution in [0.5, 0.6) is 5.75 Å². The van der Waals surface area contributed by atoms with Crippen LogP contribution >= 0.6 is 0 Å². The van der Waals surface area contributed by atoms with E-state index in [0.29, 0.717) is 6.61 Å². The molecule has 122 valence electrons. The van der Waals surface area contributed by atoms with Gasteiger partial charge in [0.1, 0.15) is 5.75 Å². The molecule has 0 radical (unpaired) electrons. The number of anilines is 1. The lowest BCUT2D eigenvalue weighted by atomic mass is 10.3. The van der Waals surface area contributed by atoms with E-state index in [9.17, 15) is 0 Å². The minimum atomic E-state index is 0.658. The van der Waals surface area contributed by atoms with Gasteiger partial charge in [0.2, 0.25) is 0 Å². The fraction of sp³-hybridized carbons (Fsp3) is 0.588. The summed E-state index contributed by atoms with van der Waals surface area (Å²) in [5.41, 5.74) is 0.976. The van der Waals surface area contributed by atoms with Crippen LogP contribution in [0.1, 0.15) is 25.7 Å². The zero-order chi connectivity index (χ0) is 15.6. The highest BCUT2D eigenvalue weighted by Crippen LogP contribution is 2.31. The minimum Gasteiger partial charge on any atom is -0.493 e. The van der Waals surface area contributed by atoms with Crippen LogP contribution < -0.4 is 15.4 Å². The van der Waals surface area contributed by atoms with E-state index in [-0.39, 0.29) is 0 Å². The van der Waals surface area contributed by atoms with E-state index in [1.807, 2.05) is 24.3 Å². The van der Waals surface area contributed by atoms with Gasteiger partial charge in [0.05, 0.1) is 6.61 Å². The Morgan fingerprint density at radius 1 is 1.32 bits per heavy atom. The Balaban J connectivity index is 1.76. The maximum atomic E-state index is 5.70. The molecule has 1 aliphatic rings. The van der Waals surface area contributed by atoms with Gasteiger partial charge >= 0.3 is 0 Å². The van der Waals surface area contributed by atoms with Crippen molar-refractivity contribution in [3.05, 3.63) is 24.3 Å². The van der Waals surface area contributed by atoms with Crippen LogP contribution in [0, 0.1) is 5.92 Å². The topological polar surface area (TPSA) is 54.9 Å². The molecule has 0 aliphatic heterocycles. The van der Waals surface area contributed by atoms with Crippen molar-refractivity contribution >= 4 is 11.6 Å². The quantitative estimate of drug-likeness (QED) is 0.418. The smallest absolute Gasteiger partial charge is 0.195 e. The number of guanidine groups is 1. The molecule has 1 aromatic carbocycles. The Kier molecular flexibility index (Phi) is 7.03. The summed E-state index contributed by atoms with van der Waals surface area (Å²) in [6, 6.07) is 7.93. The number of methoxy groups -OCH3 is 1. The highest BCUT2D eigenvalue weighted by molar-refractivity contribution is 5.93. The number of nitrogens with zero attached hydrogens (tertiary/aromatic N) is 1. The number of rotatable bonds is 9. The minimum absolute atomic E-state index is 0.658. The van der Waals surface area contributed by atoms with Crippen LogP contribution in [0.3, 0.4) is 0 Å². The van der Waals surface area contributed by atoms with Crippen LogP contribution in [0.25, 0.3) is 0 Å². The summed E-state index contributed by atoms with van der Waals surface area (Å²) in [5, 5.41) is 6.65. The second-order valence-corrected chi connectivity index (χ2v) is 5.58. The predicted octanol–water partition coefficient (Wildman–Crippen LogP) is 2.89. The third-order valence-electron chi connectivity index (χ3n) is 3.62. The van der Waals surface area contributed by atoms with Gasteiger partial charge in [-0.05, 0) is 24.5 Å². The molecule has 1 aromatic rings. The SMILES string of the molecule is CN=C(NCCC1CC1)Nc1cccc(OCCCOC)c1. The Morgan fingerprint density at radius 2 is 2.18 bits per heavy atom. The molecular weight excluding hydrogens is 278 g/mol. The van der Waals surface area contributed by atoms with Gasteiger partial charge in [0.15, 0.2) is 5.96 Å². The van der Waals surface area contributed by atoms with E-state index in [0.717, 1.165) is 42.9 Å². The molecule has 22 heavy (non-hydrogen) atoms. The molecule has 0 amide bonds. The number of hydrogen-bond donors (Lipinski definition) is 2. The molecule has 0 aromatic heterocycles. The number of aliphatic imine (C=N–C) groups is 1. The molecule has 5 nitrogen and oxygen atoms in total. The highest BCUT2D eigenvalue weighted by atomic mass is 16.5. The summed E-state index contributed by atoms with van der Waals surface area (Å²) in [7, 11) is 3.49. The number of hydrogen-bond acceptors (Lipinski definition) is 3. The zero-order valence-electron chi connectivity index (χ0n) is 13.6. The van der Waals surface area contributed by atoms with E-state index in [2.05, 4.69) is 15.6 Å². The van der Waals surface area contributed by atoms with Gasteiger partial charge in [-0.3, -0.25) is 4.99 Å². The first-order chi connectivity index (χ1) is 10.8. The standard InChI is InChI=1S/C17H27N3O2/c1-18-17(19-10-9-14-7-8-14)20-15-5-3-6-16(13-15)22-12-4-11-21-2/h3,5-6,13-14H,4,7-12H2,1-2H3,(H2,18,19,20). The molecule has 2 rings (SSSR count). The lowest BCUT2D eigenvalue weighted by molar-refractivity contribution is 0.172. The van der Waals surface area contributed by atoms with Gasteiger partial charge < -0.3 is 20.1 Å². The third-order valence-corrected chi connectivity index (χ3v) is 3.62. The predicted molar refractivity (Wildman–Crippen MR) is 90.8 cm³/mol. The molecule has 1 fully saturated rings. The van der Waals surface area contributed by atoms with E-state index in [4.69, 9.17) is 9.47 Å². The van der Waals surface area contributed by atoms with E-state index < -0.39 is 0 Å². The van der Waals surface area contributed by atoms with Crippen LogP contribution in [-0.2, 0) is 4.74 Å². The van der Waals surface area contributed by atoms with E-state index >= 15 is 0 Å². The molecular formula is C17H27N3O2. The molecule has 0 unspecified atom stereocenters. The molecule has 1 aliphatic carbocycles. The zero-order valence-corrected chi connectivity index (χ0v) is 13.6. The Bertz CT molecular complexity index is 473. The van der Waals surface area contributed by atoms with Crippen LogP contribution in [0.2, 0.25) is 0 Å². The average molecular weight is 305 g/mol. The fourth-order valence-electron chi connectivity index (χ4n) is 2.17. The molecule has 2 N–H and O–H groups in total. The molecule has 5 heteroatoms. The lowest BCUT2D eigenvalue weighted by Crippen LogP contribution is -2.31. The fourth-order valence-corrected chi connectivity index (χ4v) is 2.17. The summed E-state index contributed by atoms with van der Waals surface area (Å²) in [5.74, 6) is 2.58. The molecule has 0 spiro atoms.